The molecular formula is C19H25N3O2. The first kappa shape index (κ1) is 16.6. The maximum atomic E-state index is 12.0. The average molecular weight is 327 g/mol. The van der Waals surface area contributed by atoms with Gasteiger partial charge in [0.2, 0.25) is 5.91 Å². The number of piperidine rings is 1. The molecule has 1 saturated heterocycles. The molecule has 1 aliphatic rings. The van der Waals surface area contributed by atoms with Crippen molar-refractivity contribution in [3.63, 3.8) is 0 Å². The van der Waals surface area contributed by atoms with Gasteiger partial charge < -0.3 is 19.9 Å². The van der Waals surface area contributed by atoms with Crippen LogP contribution < -0.4 is 10.2 Å². The van der Waals surface area contributed by atoms with Crippen molar-refractivity contribution in [1.29, 1.82) is 0 Å². The van der Waals surface area contributed by atoms with Gasteiger partial charge in [0.05, 0.1) is 6.10 Å². The molecule has 1 fully saturated rings. The second-order valence-corrected chi connectivity index (χ2v) is 6.34. The summed E-state index contributed by atoms with van der Waals surface area (Å²) in [6, 6.07) is 11.9. The Hall–Kier alpha value is -2.27. The van der Waals surface area contributed by atoms with Crippen LogP contribution in [0.2, 0.25) is 0 Å². The number of hydrogen-bond acceptors (Lipinski definition) is 3. The van der Waals surface area contributed by atoms with E-state index in [1.807, 2.05) is 48.8 Å². The summed E-state index contributed by atoms with van der Waals surface area (Å²) in [5, 5.41) is 12.5. The van der Waals surface area contributed by atoms with E-state index in [2.05, 4.69) is 14.8 Å². The number of aliphatic hydroxyl groups excluding tert-OH is 1. The molecule has 0 radical (unpaired) electrons. The minimum atomic E-state index is -0.161. The number of anilines is 2. The van der Waals surface area contributed by atoms with E-state index in [4.69, 9.17) is 0 Å². The molecule has 0 saturated carbocycles. The van der Waals surface area contributed by atoms with E-state index in [1.54, 1.807) is 0 Å². The lowest BCUT2D eigenvalue weighted by molar-refractivity contribution is -0.116. The van der Waals surface area contributed by atoms with E-state index >= 15 is 0 Å². The third-order valence-electron chi connectivity index (χ3n) is 4.47. The number of hydrogen-bond donors (Lipinski definition) is 2. The largest absolute Gasteiger partial charge is 0.393 e. The number of aromatic nitrogens is 1. The summed E-state index contributed by atoms with van der Waals surface area (Å²) in [6.45, 7) is 2.62. The normalized spacial score (nSPS) is 15.5. The lowest BCUT2D eigenvalue weighted by Gasteiger charge is -2.31. The standard InChI is InChI=1S/C19H25N3O2/c23-18-9-14-22(15-10-18)17-7-5-16(6-8-17)20-19(24)4-3-13-21-11-1-2-12-21/h1-2,5-8,11-12,18,23H,3-4,9-10,13-15H2,(H,20,24). The van der Waals surface area contributed by atoms with E-state index < -0.39 is 0 Å². The second-order valence-electron chi connectivity index (χ2n) is 6.34. The quantitative estimate of drug-likeness (QED) is 0.858. The Bertz CT molecular complexity index is 629. The molecule has 5 nitrogen and oxygen atoms in total. The molecule has 0 aliphatic carbocycles. The van der Waals surface area contributed by atoms with Crippen molar-refractivity contribution in [2.24, 2.45) is 0 Å². The van der Waals surface area contributed by atoms with Gasteiger partial charge in [0.1, 0.15) is 0 Å². The maximum absolute atomic E-state index is 12.0. The van der Waals surface area contributed by atoms with Crippen LogP contribution in [0.3, 0.4) is 0 Å². The van der Waals surface area contributed by atoms with Gasteiger partial charge in [-0.15, -0.1) is 0 Å². The molecule has 2 heterocycles. The molecule has 0 bridgehead atoms. The first-order chi connectivity index (χ1) is 11.7. The van der Waals surface area contributed by atoms with Gasteiger partial charge in [-0.3, -0.25) is 4.79 Å². The summed E-state index contributed by atoms with van der Waals surface area (Å²) in [5.74, 6) is 0.0519. The van der Waals surface area contributed by atoms with Crippen LogP contribution in [0.5, 0.6) is 0 Å². The van der Waals surface area contributed by atoms with Crippen LogP contribution in [-0.2, 0) is 11.3 Å². The fraction of sp³-hybridized carbons (Fsp3) is 0.421. The fourth-order valence-electron chi connectivity index (χ4n) is 3.04. The van der Waals surface area contributed by atoms with Crippen LogP contribution in [0.1, 0.15) is 25.7 Å². The monoisotopic (exact) mass is 327 g/mol. The predicted octanol–water partition coefficient (Wildman–Crippen LogP) is 2.87. The summed E-state index contributed by atoms with van der Waals surface area (Å²) in [7, 11) is 0. The van der Waals surface area contributed by atoms with Crippen molar-refractivity contribution in [2.75, 3.05) is 23.3 Å². The van der Waals surface area contributed by atoms with Gasteiger partial charge in [0.25, 0.3) is 0 Å². The van der Waals surface area contributed by atoms with Gasteiger partial charge in [-0.25, -0.2) is 0 Å². The summed E-state index contributed by atoms with van der Waals surface area (Å²) >= 11 is 0. The third kappa shape index (κ3) is 4.61. The minimum absolute atomic E-state index is 0.0519. The number of carbonyl (C=O) groups excluding carboxylic acids is 1. The van der Waals surface area contributed by atoms with Crippen molar-refractivity contribution >= 4 is 17.3 Å². The van der Waals surface area contributed by atoms with Crippen molar-refractivity contribution in [3.8, 4) is 0 Å². The third-order valence-corrected chi connectivity index (χ3v) is 4.47. The number of nitrogens with one attached hydrogen (secondary N) is 1. The molecule has 1 aromatic heterocycles. The van der Waals surface area contributed by atoms with Crippen LogP contribution >= 0.6 is 0 Å². The highest BCUT2D eigenvalue weighted by Gasteiger charge is 2.17. The molecule has 5 heteroatoms. The van der Waals surface area contributed by atoms with Crippen LogP contribution in [0.15, 0.2) is 48.8 Å². The highest BCUT2D eigenvalue weighted by Crippen LogP contribution is 2.22. The number of aliphatic hydroxyl groups is 1. The van der Waals surface area contributed by atoms with Gasteiger partial charge in [-0.2, -0.15) is 0 Å². The first-order valence-electron chi connectivity index (χ1n) is 8.64. The Labute approximate surface area is 142 Å². The molecule has 128 valence electrons. The Morgan fingerprint density at radius 2 is 1.79 bits per heavy atom. The van der Waals surface area contributed by atoms with Crippen molar-refractivity contribution in [3.05, 3.63) is 48.8 Å². The van der Waals surface area contributed by atoms with Crippen LogP contribution in [0, 0.1) is 0 Å². The topological polar surface area (TPSA) is 57.5 Å². The van der Waals surface area contributed by atoms with Crippen molar-refractivity contribution in [2.45, 2.75) is 38.3 Å². The molecule has 3 rings (SSSR count). The number of rotatable bonds is 6. The van der Waals surface area contributed by atoms with E-state index in [9.17, 15) is 9.90 Å². The number of amides is 1. The number of aryl methyl sites for hydroxylation is 1. The highest BCUT2D eigenvalue weighted by molar-refractivity contribution is 5.90. The average Bonchev–Trinajstić information content (AvgIpc) is 3.10. The van der Waals surface area contributed by atoms with Crippen LogP contribution in [-0.4, -0.2) is 34.8 Å². The van der Waals surface area contributed by atoms with Gasteiger partial charge in [-0.1, -0.05) is 0 Å². The number of benzene rings is 1. The first-order valence-corrected chi connectivity index (χ1v) is 8.64. The van der Waals surface area contributed by atoms with Crippen LogP contribution in [0.4, 0.5) is 11.4 Å². The molecule has 24 heavy (non-hydrogen) atoms. The zero-order valence-corrected chi connectivity index (χ0v) is 13.9. The molecule has 0 unspecified atom stereocenters. The van der Waals surface area contributed by atoms with Gasteiger partial charge in [-0.05, 0) is 55.7 Å². The SMILES string of the molecule is O=C(CCCn1cccc1)Nc1ccc(N2CCC(O)CC2)cc1. The zero-order valence-electron chi connectivity index (χ0n) is 13.9. The van der Waals surface area contributed by atoms with Crippen molar-refractivity contribution in [1.82, 2.24) is 4.57 Å². The highest BCUT2D eigenvalue weighted by atomic mass is 16.3. The Kier molecular flexibility index (Phi) is 5.54. The maximum Gasteiger partial charge on any atom is 0.224 e. The Morgan fingerprint density at radius 3 is 2.46 bits per heavy atom. The molecule has 1 amide bonds. The predicted molar refractivity (Wildman–Crippen MR) is 96.2 cm³/mol. The zero-order chi connectivity index (χ0) is 16.8. The van der Waals surface area contributed by atoms with Gasteiger partial charge in [0.15, 0.2) is 0 Å². The second kappa shape index (κ2) is 8.02. The molecule has 0 atom stereocenters. The summed E-state index contributed by atoms with van der Waals surface area (Å²) in [6.07, 6.45) is 6.84. The van der Waals surface area contributed by atoms with Crippen molar-refractivity contribution < 1.29 is 9.90 Å². The minimum Gasteiger partial charge on any atom is -0.393 e. The molecule has 1 aromatic carbocycles. The lowest BCUT2D eigenvalue weighted by Crippen LogP contribution is -2.35. The van der Waals surface area contributed by atoms with E-state index in [0.29, 0.717) is 6.42 Å². The van der Waals surface area contributed by atoms with E-state index in [1.165, 1.54) is 0 Å². The summed E-state index contributed by atoms with van der Waals surface area (Å²) in [4.78, 5) is 14.3. The molecular weight excluding hydrogens is 302 g/mol. The Morgan fingerprint density at radius 1 is 1.12 bits per heavy atom. The van der Waals surface area contributed by atoms with E-state index in [-0.39, 0.29) is 12.0 Å². The smallest absolute Gasteiger partial charge is 0.224 e. The van der Waals surface area contributed by atoms with Gasteiger partial charge >= 0.3 is 0 Å². The van der Waals surface area contributed by atoms with Gasteiger partial charge in [0, 0.05) is 49.8 Å². The molecule has 2 aromatic rings. The molecule has 1 aliphatic heterocycles. The van der Waals surface area contributed by atoms with E-state index in [0.717, 1.165) is 50.3 Å². The number of nitrogens with zero attached hydrogens (tertiary/aromatic N) is 2. The van der Waals surface area contributed by atoms with Crippen LogP contribution in [0.25, 0.3) is 0 Å². The number of carbonyl (C=O) groups is 1. The lowest BCUT2D eigenvalue weighted by atomic mass is 10.1. The molecule has 2 N–H and O–H groups in total. The molecule has 0 spiro atoms. The summed E-state index contributed by atoms with van der Waals surface area (Å²) in [5.41, 5.74) is 1.98. The Balaban J connectivity index is 1.44. The summed E-state index contributed by atoms with van der Waals surface area (Å²) < 4.78 is 2.08. The fourth-order valence-corrected chi connectivity index (χ4v) is 3.04.